The lowest BCUT2D eigenvalue weighted by molar-refractivity contribution is 0.194. The van der Waals surface area contributed by atoms with E-state index in [1.165, 1.54) is 10.4 Å². The first-order valence-electron chi connectivity index (χ1n) is 12.2. The van der Waals surface area contributed by atoms with Crippen molar-refractivity contribution in [3.05, 3.63) is 138 Å². The monoisotopic (exact) mass is 478 g/mol. The van der Waals surface area contributed by atoms with Crippen LogP contribution in [0, 0.1) is 0 Å². The Morgan fingerprint density at radius 1 is 0.714 bits per heavy atom. The summed E-state index contributed by atoms with van der Waals surface area (Å²) >= 11 is 0. The topological polar surface area (TPSA) is 29.5 Å². The Hall–Kier alpha value is -3.24. The van der Waals surface area contributed by atoms with Crippen molar-refractivity contribution in [2.45, 2.75) is 31.9 Å². The Labute approximate surface area is 210 Å². The van der Waals surface area contributed by atoms with Crippen molar-refractivity contribution in [2.75, 3.05) is 6.61 Å². The van der Waals surface area contributed by atoms with Crippen LogP contribution in [0.1, 0.15) is 38.0 Å². The maximum absolute atomic E-state index is 11.4. The molecule has 4 aromatic rings. The first-order valence-corrected chi connectivity index (χ1v) is 14.1. The van der Waals surface area contributed by atoms with Gasteiger partial charge in [0.05, 0.1) is 6.61 Å². The van der Waals surface area contributed by atoms with Gasteiger partial charge in [-0.15, -0.1) is 0 Å². The van der Waals surface area contributed by atoms with Gasteiger partial charge in [0.1, 0.15) is 6.10 Å². The highest BCUT2D eigenvalue weighted by molar-refractivity contribution is 6.99. The highest BCUT2D eigenvalue weighted by Gasteiger charge is 2.50. The maximum Gasteiger partial charge on any atom is 0.261 e. The van der Waals surface area contributed by atoms with Crippen molar-refractivity contribution >= 4 is 24.8 Å². The second-order valence-electron chi connectivity index (χ2n) is 9.90. The zero-order chi connectivity index (χ0) is 24.7. The molecule has 0 heterocycles. The van der Waals surface area contributed by atoms with Crippen LogP contribution in [-0.4, -0.2) is 20.0 Å². The second-order valence-corrected chi connectivity index (χ2v) is 14.2. The SMILES string of the molecule is CC(C)(C)[Si](OC/C(=C\c1ccccc1)C(O)c1ccccc1)(c1ccccc1)c1ccccc1. The Bertz CT molecular complexity index is 1170. The lowest BCUT2D eigenvalue weighted by Crippen LogP contribution is -2.66. The van der Waals surface area contributed by atoms with Crippen LogP contribution in [0.15, 0.2) is 127 Å². The Kier molecular flexibility index (Phi) is 7.82. The predicted octanol–water partition coefficient (Wildman–Crippen LogP) is 6.38. The average Bonchev–Trinajstić information content (AvgIpc) is 2.89. The van der Waals surface area contributed by atoms with Crippen LogP contribution in [0.5, 0.6) is 0 Å². The van der Waals surface area contributed by atoms with Crippen LogP contribution < -0.4 is 10.4 Å². The van der Waals surface area contributed by atoms with E-state index in [-0.39, 0.29) is 5.04 Å². The van der Waals surface area contributed by atoms with Gasteiger partial charge in [0, 0.05) is 0 Å². The number of hydrogen-bond donors (Lipinski definition) is 1. The Morgan fingerprint density at radius 3 is 1.60 bits per heavy atom. The molecule has 0 aromatic heterocycles. The van der Waals surface area contributed by atoms with Crippen LogP contribution in [-0.2, 0) is 4.43 Å². The van der Waals surface area contributed by atoms with Gasteiger partial charge in [-0.25, -0.2) is 0 Å². The number of rotatable bonds is 8. The molecule has 4 aromatic carbocycles. The molecule has 35 heavy (non-hydrogen) atoms. The van der Waals surface area contributed by atoms with Crippen molar-refractivity contribution in [2.24, 2.45) is 0 Å². The van der Waals surface area contributed by atoms with E-state index in [1.807, 2.05) is 48.5 Å². The fraction of sp³-hybridized carbons (Fsp3) is 0.188. The molecule has 0 amide bonds. The minimum absolute atomic E-state index is 0.134. The summed E-state index contributed by atoms with van der Waals surface area (Å²) in [4.78, 5) is 0. The minimum Gasteiger partial charge on any atom is -0.403 e. The third kappa shape index (κ3) is 5.54. The molecule has 0 saturated heterocycles. The third-order valence-corrected chi connectivity index (χ3v) is 11.5. The summed E-state index contributed by atoms with van der Waals surface area (Å²) < 4.78 is 7.15. The fourth-order valence-corrected chi connectivity index (χ4v) is 9.30. The van der Waals surface area contributed by atoms with Crippen LogP contribution >= 0.6 is 0 Å². The molecule has 2 nitrogen and oxygen atoms in total. The first-order chi connectivity index (χ1) is 16.9. The minimum atomic E-state index is -2.73. The molecule has 178 valence electrons. The lowest BCUT2D eigenvalue weighted by Gasteiger charge is -2.43. The van der Waals surface area contributed by atoms with Crippen molar-refractivity contribution in [1.82, 2.24) is 0 Å². The zero-order valence-corrected chi connectivity index (χ0v) is 21.8. The lowest BCUT2D eigenvalue weighted by atomic mass is 10.00. The van der Waals surface area contributed by atoms with Gasteiger partial charge in [0.2, 0.25) is 0 Å². The molecule has 0 spiro atoms. The van der Waals surface area contributed by atoms with Gasteiger partial charge in [-0.3, -0.25) is 0 Å². The molecule has 0 fully saturated rings. The number of aliphatic hydroxyl groups excluding tert-OH is 1. The van der Waals surface area contributed by atoms with E-state index in [2.05, 4.69) is 99.6 Å². The highest BCUT2D eigenvalue weighted by Crippen LogP contribution is 2.38. The van der Waals surface area contributed by atoms with Crippen molar-refractivity contribution in [3.8, 4) is 0 Å². The fourth-order valence-electron chi connectivity index (χ4n) is 4.77. The number of benzene rings is 4. The molecule has 1 N–H and O–H groups in total. The van der Waals surface area contributed by atoms with Crippen LogP contribution in [0.3, 0.4) is 0 Å². The smallest absolute Gasteiger partial charge is 0.261 e. The van der Waals surface area contributed by atoms with Gasteiger partial charge in [-0.2, -0.15) is 0 Å². The van der Waals surface area contributed by atoms with E-state index in [0.717, 1.165) is 16.7 Å². The molecule has 0 radical (unpaired) electrons. The number of hydrogen-bond acceptors (Lipinski definition) is 2. The summed E-state index contributed by atoms with van der Waals surface area (Å²) in [5, 5.41) is 13.8. The maximum atomic E-state index is 11.4. The molecule has 1 atom stereocenters. The summed E-state index contributed by atoms with van der Waals surface area (Å²) in [6.07, 6.45) is 1.31. The summed E-state index contributed by atoms with van der Waals surface area (Å²) in [6, 6.07) is 41.2. The first kappa shape index (κ1) is 24.9. The van der Waals surface area contributed by atoms with Gasteiger partial charge in [0.25, 0.3) is 8.32 Å². The highest BCUT2D eigenvalue weighted by atomic mass is 28.4. The third-order valence-electron chi connectivity index (χ3n) is 6.49. The van der Waals surface area contributed by atoms with Gasteiger partial charge >= 0.3 is 0 Å². The summed E-state index contributed by atoms with van der Waals surface area (Å²) in [5.41, 5.74) is 2.75. The van der Waals surface area contributed by atoms with Crippen LogP contribution in [0.2, 0.25) is 5.04 Å². The predicted molar refractivity (Wildman–Crippen MR) is 149 cm³/mol. The summed E-state index contributed by atoms with van der Waals surface area (Å²) in [7, 11) is -2.73. The van der Waals surface area contributed by atoms with Crippen molar-refractivity contribution < 1.29 is 9.53 Å². The van der Waals surface area contributed by atoms with Gasteiger partial charge in [0.15, 0.2) is 0 Å². The molecule has 0 saturated carbocycles. The molecule has 1 unspecified atom stereocenters. The van der Waals surface area contributed by atoms with Crippen molar-refractivity contribution in [3.63, 3.8) is 0 Å². The van der Waals surface area contributed by atoms with Crippen LogP contribution in [0.4, 0.5) is 0 Å². The summed E-state index contributed by atoms with van der Waals surface area (Å²) in [5.74, 6) is 0. The molecule has 3 heteroatoms. The molecule has 0 aliphatic carbocycles. The number of aliphatic hydroxyl groups is 1. The van der Waals surface area contributed by atoms with E-state index in [1.54, 1.807) is 0 Å². The second kappa shape index (κ2) is 11.0. The van der Waals surface area contributed by atoms with Gasteiger partial charge < -0.3 is 9.53 Å². The van der Waals surface area contributed by atoms with Crippen LogP contribution in [0.25, 0.3) is 6.08 Å². The zero-order valence-electron chi connectivity index (χ0n) is 20.8. The quantitative estimate of drug-likeness (QED) is 0.298. The molecule has 0 aliphatic rings. The average molecular weight is 479 g/mol. The normalized spacial score (nSPS) is 13.4. The van der Waals surface area contributed by atoms with Crippen molar-refractivity contribution in [1.29, 1.82) is 0 Å². The molecular formula is C32H34O2Si. The van der Waals surface area contributed by atoms with E-state index >= 15 is 0 Å². The van der Waals surface area contributed by atoms with E-state index in [9.17, 15) is 5.11 Å². The van der Waals surface area contributed by atoms with Gasteiger partial charge in [-0.05, 0) is 32.1 Å². The standard InChI is InChI=1S/C32H34O2Si/c1-32(2,3)35(29-20-12-6-13-21-29,30-22-14-7-15-23-30)34-25-28(24-26-16-8-4-9-17-26)31(33)27-18-10-5-11-19-27/h4-24,31,33H,25H2,1-3H3/b28-24+. The molecule has 4 rings (SSSR count). The summed E-state index contributed by atoms with van der Waals surface area (Å²) in [6.45, 7) is 7.15. The Morgan fingerprint density at radius 2 is 1.14 bits per heavy atom. The molecule has 0 aliphatic heterocycles. The van der Waals surface area contributed by atoms with E-state index in [0.29, 0.717) is 6.61 Å². The largest absolute Gasteiger partial charge is 0.403 e. The molecule has 0 bridgehead atoms. The van der Waals surface area contributed by atoms with E-state index < -0.39 is 14.4 Å². The van der Waals surface area contributed by atoms with E-state index in [4.69, 9.17) is 4.43 Å². The Balaban J connectivity index is 1.81. The molecular weight excluding hydrogens is 444 g/mol. The van der Waals surface area contributed by atoms with Gasteiger partial charge in [-0.1, -0.05) is 148 Å².